The minimum atomic E-state index is -0.844. The van der Waals surface area contributed by atoms with Gasteiger partial charge in [-0.1, -0.05) is 50.4 Å². The van der Waals surface area contributed by atoms with E-state index in [4.69, 9.17) is 16.3 Å². The van der Waals surface area contributed by atoms with Crippen LogP contribution in [0.4, 0.5) is 0 Å². The fourth-order valence-electron chi connectivity index (χ4n) is 2.99. The topological polar surface area (TPSA) is 55.4 Å². The molecule has 1 fully saturated rings. The molecule has 0 saturated heterocycles. The summed E-state index contributed by atoms with van der Waals surface area (Å²) in [5.74, 6) is 0.189. The van der Waals surface area contributed by atoms with Gasteiger partial charge in [-0.2, -0.15) is 0 Å². The van der Waals surface area contributed by atoms with Crippen LogP contribution in [0.3, 0.4) is 0 Å². The van der Waals surface area contributed by atoms with E-state index >= 15 is 0 Å². The van der Waals surface area contributed by atoms with Crippen molar-refractivity contribution in [3.63, 3.8) is 0 Å². The highest BCUT2D eigenvalue weighted by atomic mass is 35.5. The van der Waals surface area contributed by atoms with Gasteiger partial charge < -0.3 is 10.1 Å². The molecular weight excluding hydrogens is 314 g/mol. The predicted octanol–water partition coefficient (Wildman–Crippen LogP) is 3.83. The number of halogens is 1. The summed E-state index contributed by atoms with van der Waals surface area (Å²) >= 11 is 5.97. The summed E-state index contributed by atoms with van der Waals surface area (Å²) in [5.41, 5.74) is 0.272. The Balaban J connectivity index is 1.92. The third-order valence-electron chi connectivity index (χ3n) is 4.78. The Kier molecular flexibility index (Phi) is 6.05. The van der Waals surface area contributed by atoms with Gasteiger partial charge in [-0.25, -0.2) is 4.79 Å². The normalized spacial score (nSPS) is 25.5. The van der Waals surface area contributed by atoms with Crippen LogP contribution >= 0.6 is 11.6 Å². The van der Waals surface area contributed by atoms with E-state index in [1.807, 2.05) is 0 Å². The van der Waals surface area contributed by atoms with Crippen molar-refractivity contribution in [2.45, 2.75) is 52.2 Å². The number of esters is 1. The Morgan fingerprint density at radius 3 is 2.65 bits per heavy atom. The van der Waals surface area contributed by atoms with Crippen LogP contribution in [0.15, 0.2) is 24.3 Å². The van der Waals surface area contributed by atoms with Crippen molar-refractivity contribution in [1.29, 1.82) is 0 Å². The van der Waals surface area contributed by atoms with E-state index in [2.05, 4.69) is 19.2 Å². The Labute approximate surface area is 142 Å². The molecule has 2 rings (SSSR count). The van der Waals surface area contributed by atoms with Crippen molar-refractivity contribution in [3.05, 3.63) is 34.9 Å². The van der Waals surface area contributed by atoms with Crippen molar-refractivity contribution < 1.29 is 14.3 Å². The molecule has 0 bridgehead atoms. The van der Waals surface area contributed by atoms with Crippen molar-refractivity contribution in [2.75, 3.05) is 0 Å². The molecule has 1 N–H and O–H groups in total. The third-order valence-corrected chi connectivity index (χ3v) is 5.11. The van der Waals surface area contributed by atoms with E-state index < -0.39 is 12.1 Å². The molecule has 0 unspecified atom stereocenters. The first-order chi connectivity index (χ1) is 10.9. The summed E-state index contributed by atoms with van der Waals surface area (Å²) in [4.78, 5) is 24.4. The Morgan fingerprint density at radius 2 is 1.96 bits per heavy atom. The fraction of sp³-hybridized carbons (Fsp3) is 0.556. The van der Waals surface area contributed by atoms with Crippen LogP contribution in [-0.4, -0.2) is 24.0 Å². The minimum Gasteiger partial charge on any atom is -0.449 e. The Bertz CT molecular complexity index is 575. The van der Waals surface area contributed by atoms with Gasteiger partial charge in [0.1, 0.15) is 0 Å². The first kappa shape index (κ1) is 17.8. The maximum Gasteiger partial charge on any atom is 0.340 e. The predicted molar refractivity (Wildman–Crippen MR) is 90.4 cm³/mol. The van der Waals surface area contributed by atoms with Crippen LogP contribution in [0.25, 0.3) is 0 Å². The van der Waals surface area contributed by atoms with E-state index in [9.17, 15) is 9.59 Å². The van der Waals surface area contributed by atoms with Crippen LogP contribution in [0.5, 0.6) is 0 Å². The number of ether oxygens (including phenoxy) is 1. The van der Waals surface area contributed by atoms with Gasteiger partial charge in [-0.05, 0) is 37.3 Å². The molecule has 0 radical (unpaired) electrons. The number of hydrogen-bond acceptors (Lipinski definition) is 3. The van der Waals surface area contributed by atoms with Crippen molar-refractivity contribution >= 4 is 23.5 Å². The SMILES string of the molecule is C[C@@H]1[C@H](C)CCC[C@@H]1NC(=O)[C@@H](C)OC(=O)c1ccccc1Cl. The lowest BCUT2D eigenvalue weighted by molar-refractivity contribution is -0.130. The van der Waals surface area contributed by atoms with Gasteiger partial charge in [-0.15, -0.1) is 0 Å². The molecule has 0 spiro atoms. The molecule has 1 amide bonds. The molecule has 5 heteroatoms. The van der Waals surface area contributed by atoms with Crippen LogP contribution in [0, 0.1) is 11.8 Å². The van der Waals surface area contributed by atoms with Crippen molar-refractivity contribution in [1.82, 2.24) is 5.32 Å². The smallest absolute Gasteiger partial charge is 0.340 e. The molecule has 4 nitrogen and oxygen atoms in total. The summed E-state index contributed by atoms with van der Waals surface area (Å²) in [5, 5.41) is 3.34. The fourth-order valence-corrected chi connectivity index (χ4v) is 3.20. The molecule has 0 heterocycles. The monoisotopic (exact) mass is 337 g/mol. The number of rotatable bonds is 4. The lowest BCUT2D eigenvalue weighted by atomic mass is 9.78. The summed E-state index contributed by atoms with van der Waals surface area (Å²) in [6.45, 7) is 5.96. The number of amides is 1. The molecule has 1 aromatic rings. The second-order valence-electron chi connectivity index (χ2n) is 6.41. The van der Waals surface area contributed by atoms with E-state index in [-0.39, 0.29) is 17.5 Å². The van der Waals surface area contributed by atoms with Gasteiger partial charge in [0.15, 0.2) is 6.10 Å². The average molecular weight is 338 g/mol. The molecular formula is C18H24ClNO3. The third kappa shape index (κ3) is 4.47. The number of hydrogen-bond donors (Lipinski definition) is 1. The quantitative estimate of drug-likeness (QED) is 0.849. The molecule has 126 valence electrons. The zero-order chi connectivity index (χ0) is 17.0. The average Bonchev–Trinajstić information content (AvgIpc) is 2.52. The van der Waals surface area contributed by atoms with Crippen LogP contribution in [-0.2, 0) is 9.53 Å². The maximum atomic E-state index is 12.3. The molecule has 1 aliphatic rings. The highest BCUT2D eigenvalue weighted by molar-refractivity contribution is 6.33. The molecule has 1 aliphatic carbocycles. The minimum absolute atomic E-state index is 0.146. The van der Waals surface area contributed by atoms with Gasteiger partial charge in [0.05, 0.1) is 10.6 Å². The lowest BCUT2D eigenvalue weighted by Crippen LogP contribution is -2.47. The molecule has 1 aromatic carbocycles. The van der Waals surface area contributed by atoms with Gasteiger partial charge in [-0.3, -0.25) is 4.79 Å². The summed E-state index contributed by atoms with van der Waals surface area (Å²) < 4.78 is 5.25. The Morgan fingerprint density at radius 1 is 1.26 bits per heavy atom. The van der Waals surface area contributed by atoms with Gasteiger partial charge >= 0.3 is 5.97 Å². The Hall–Kier alpha value is -1.55. The van der Waals surface area contributed by atoms with Crippen LogP contribution in [0.2, 0.25) is 5.02 Å². The maximum absolute atomic E-state index is 12.3. The summed E-state index contributed by atoms with van der Waals surface area (Å²) in [6.07, 6.45) is 2.44. The number of carbonyl (C=O) groups is 2. The van der Waals surface area contributed by atoms with Gasteiger partial charge in [0, 0.05) is 6.04 Å². The molecule has 23 heavy (non-hydrogen) atoms. The second kappa shape index (κ2) is 7.82. The second-order valence-corrected chi connectivity index (χ2v) is 6.82. The van der Waals surface area contributed by atoms with Gasteiger partial charge in [0.2, 0.25) is 0 Å². The number of nitrogens with one attached hydrogen (secondary N) is 1. The summed E-state index contributed by atoms with van der Waals surface area (Å²) in [7, 11) is 0. The lowest BCUT2D eigenvalue weighted by Gasteiger charge is -2.35. The van der Waals surface area contributed by atoms with Crippen molar-refractivity contribution in [3.8, 4) is 0 Å². The molecule has 0 aromatic heterocycles. The van der Waals surface area contributed by atoms with Crippen molar-refractivity contribution in [2.24, 2.45) is 11.8 Å². The number of benzene rings is 1. The highest BCUT2D eigenvalue weighted by Gasteiger charge is 2.30. The highest BCUT2D eigenvalue weighted by Crippen LogP contribution is 2.29. The zero-order valence-electron chi connectivity index (χ0n) is 13.8. The molecule has 0 aliphatic heterocycles. The molecule has 4 atom stereocenters. The van der Waals surface area contributed by atoms with E-state index in [0.717, 1.165) is 12.8 Å². The first-order valence-corrected chi connectivity index (χ1v) is 8.53. The van der Waals surface area contributed by atoms with Gasteiger partial charge in [0.25, 0.3) is 5.91 Å². The summed E-state index contributed by atoms with van der Waals surface area (Å²) in [6, 6.07) is 6.79. The van der Waals surface area contributed by atoms with Crippen LogP contribution < -0.4 is 5.32 Å². The molecule has 1 saturated carbocycles. The largest absolute Gasteiger partial charge is 0.449 e. The van der Waals surface area contributed by atoms with E-state index in [1.165, 1.54) is 6.42 Å². The van der Waals surface area contributed by atoms with E-state index in [0.29, 0.717) is 16.9 Å². The standard InChI is InChI=1S/C18H24ClNO3/c1-11-7-6-10-16(12(11)2)20-17(21)13(3)23-18(22)14-8-4-5-9-15(14)19/h4-5,8-9,11-13,16H,6-7,10H2,1-3H3,(H,20,21)/t11-,12-,13-,16+/m1/s1. The van der Waals surface area contributed by atoms with Crippen LogP contribution in [0.1, 0.15) is 50.4 Å². The first-order valence-electron chi connectivity index (χ1n) is 8.16. The zero-order valence-corrected chi connectivity index (χ0v) is 14.6. The van der Waals surface area contributed by atoms with E-state index in [1.54, 1.807) is 31.2 Å². The number of carbonyl (C=O) groups excluding carboxylic acids is 2.